The lowest BCUT2D eigenvalue weighted by atomic mass is 10.0. The molecule has 3 rings (SSSR count). The molecule has 5 nitrogen and oxygen atoms in total. The lowest BCUT2D eigenvalue weighted by molar-refractivity contribution is -0.140. The Balaban J connectivity index is 1.80. The number of halogens is 1. The van der Waals surface area contributed by atoms with E-state index in [-0.39, 0.29) is 11.7 Å². The fourth-order valence-electron chi connectivity index (χ4n) is 3.13. The van der Waals surface area contributed by atoms with Crippen LogP contribution in [-0.2, 0) is 16.1 Å². The van der Waals surface area contributed by atoms with Crippen LogP contribution in [-0.4, -0.2) is 42.8 Å². The van der Waals surface area contributed by atoms with E-state index in [1.165, 1.54) is 7.11 Å². The van der Waals surface area contributed by atoms with Crippen LogP contribution in [0.2, 0.25) is 5.02 Å². The van der Waals surface area contributed by atoms with Crippen LogP contribution < -0.4 is 4.74 Å². The highest BCUT2D eigenvalue weighted by Gasteiger charge is 2.20. The number of carbonyl (C=O) groups is 1. The summed E-state index contributed by atoms with van der Waals surface area (Å²) in [5.41, 5.74) is 2.76. The maximum Gasteiger partial charge on any atom is 0.305 e. The molecule has 1 aliphatic rings. The molecular weight excluding hydrogens is 354 g/mol. The van der Waals surface area contributed by atoms with Gasteiger partial charge in [0.2, 0.25) is 0 Å². The molecule has 0 aliphatic carbocycles. The largest absolute Gasteiger partial charge is 0.504 e. The Morgan fingerprint density at radius 2 is 2.15 bits per heavy atom. The van der Waals surface area contributed by atoms with Crippen LogP contribution in [0.4, 0.5) is 0 Å². The van der Waals surface area contributed by atoms with Gasteiger partial charge in [-0.3, -0.25) is 9.69 Å². The third-order valence-electron chi connectivity index (χ3n) is 4.43. The number of rotatable bonds is 5. The number of phenolic OH excluding ortho intramolecular Hbond substituents is 1. The number of ether oxygens (including phenoxy) is 2. The number of aromatic hydroxyl groups is 1. The minimum atomic E-state index is -0.197. The number of benzene rings is 2. The molecule has 138 valence electrons. The highest BCUT2D eigenvalue weighted by Crippen LogP contribution is 2.38. The van der Waals surface area contributed by atoms with Gasteiger partial charge in [0.25, 0.3) is 0 Å². The number of hydrogen-bond donors (Lipinski definition) is 1. The van der Waals surface area contributed by atoms with Gasteiger partial charge in [-0.05, 0) is 48.4 Å². The average Bonchev–Trinajstić information content (AvgIpc) is 2.84. The van der Waals surface area contributed by atoms with Gasteiger partial charge in [0.15, 0.2) is 11.5 Å². The van der Waals surface area contributed by atoms with Crippen molar-refractivity contribution in [3.63, 3.8) is 0 Å². The molecule has 0 unspecified atom stereocenters. The second-order valence-corrected chi connectivity index (χ2v) is 6.73. The van der Waals surface area contributed by atoms with Crippen molar-refractivity contribution in [2.24, 2.45) is 0 Å². The van der Waals surface area contributed by atoms with E-state index < -0.39 is 0 Å². The third kappa shape index (κ3) is 4.48. The van der Waals surface area contributed by atoms with Gasteiger partial charge >= 0.3 is 5.97 Å². The molecule has 1 N–H and O–H groups in total. The van der Waals surface area contributed by atoms with Gasteiger partial charge in [-0.25, -0.2) is 0 Å². The number of nitrogens with zero attached hydrogens (tertiary/aromatic N) is 1. The first-order chi connectivity index (χ1) is 12.6. The minimum absolute atomic E-state index is 0.133. The summed E-state index contributed by atoms with van der Waals surface area (Å²) in [6, 6.07) is 11.3. The van der Waals surface area contributed by atoms with Crippen LogP contribution in [0, 0.1) is 0 Å². The van der Waals surface area contributed by atoms with Crippen molar-refractivity contribution in [2.45, 2.75) is 19.4 Å². The van der Waals surface area contributed by atoms with Crippen molar-refractivity contribution in [1.82, 2.24) is 4.90 Å². The zero-order chi connectivity index (χ0) is 18.5. The average molecular weight is 376 g/mol. The molecule has 0 saturated carbocycles. The van der Waals surface area contributed by atoms with E-state index in [1.54, 1.807) is 6.07 Å². The van der Waals surface area contributed by atoms with E-state index in [9.17, 15) is 9.90 Å². The van der Waals surface area contributed by atoms with Crippen LogP contribution in [0.1, 0.15) is 18.4 Å². The molecule has 0 fully saturated rings. The summed E-state index contributed by atoms with van der Waals surface area (Å²) in [5.74, 6) is 0.470. The maximum atomic E-state index is 11.3. The van der Waals surface area contributed by atoms with Gasteiger partial charge in [0, 0.05) is 30.1 Å². The van der Waals surface area contributed by atoms with Crippen LogP contribution in [0.3, 0.4) is 0 Å². The summed E-state index contributed by atoms with van der Waals surface area (Å²) in [5, 5.41) is 11.1. The fraction of sp³-hybridized carbons (Fsp3) is 0.350. The summed E-state index contributed by atoms with van der Waals surface area (Å²) in [6.45, 7) is 2.65. The Morgan fingerprint density at radius 1 is 1.31 bits per heavy atom. The molecule has 0 saturated heterocycles. The predicted molar refractivity (Wildman–Crippen MR) is 101 cm³/mol. The van der Waals surface area contributed by atoms with Gasteiger partial charge in [-0.2, -0.15) is 0 Å². The van der Waals surface area contributed by atoms with Gasteiger partial charge < -0.3 is 14.6 Å². The molecule has 0 aromatic heterocycles. The Bertz CT molecular complexity index is 793. The minimum Gasteiger partial charge on any atom is -0.504 e. The van der Waals surface area contributed by atoms with E-state index in [0.29, 0.717) is 30.3 Å². The third-order valence-corrected chi connectivity index (χ3v) is 4.67. The Kier molecular flexibility index (Phi) is 6.01. The molecule has 0 spiro atoms. The Labute approximate surface area is 158 Å². The first kappa shape index (κ1) is 18.5. The van der Waals surface area contributed by atoms with Crippen LogP contribution in [0.15, 0.2) is 36.4 Å². The van der Waals surface area contributed by atoms with Crippen molar-refractivity contribution in [3.05, 3.63) is 47.0 Å². The molecule has 26 heavy (non-hydrogen) atoms. The molecule has 6 heteroatoms. The van der Waals surface area contributed by atoms with Gasteiger partial charge in [-0.1, -0.05) is 23.7 Å². The normalized spacial score (nSPS) is 14.2. The molecule has 2 aromatic rings. The zero-order valence-corrected chi connectivity index (χ0v) is 15.5. The van der Waals surface area contributed by atoms with E-state index in [4.69, 9.17) is 16.3 Å². The molecule has 0 bridgehead atoms. The Morgan fingerprint density at radius 3 is 2.92 bits per heavy atom. The van der Waals surface area contributed by atoms with E-state index in [0.717, 1.165) is 36.2 Å². The van der Waals surface area contributed by atoms with E-state index in [2.05, 4.69) is 9.64 Å². The number of fused-ring (bicyclic) bond motifs is 1. The molecule has 0 radical (unpaired) electrons. The number of hydrogen-bond acceptors (Lipinski definition) is 5. The summed E-state index contributed by atoms with van der Waals surface area (Å²) < 4.78 is 10.4. The topological polar surface area (TPSA) is 59.0 Å². The van der Waals surface area contributed by atoms with Crippen molar-refractivity contribution in [3.8, 4) is 22.6 Å². The quantitative estimate of drug-likeness (QED) is 0.804. The summed E-state index contributed by atoms with van der Waals surface area (Å²) >= 11 is 6.09. The lowest BCUT2D eigenvalue weighted by Crippen LogP contribution is -2.27. The molecule has 1 aliphatic heterocycles. The zero-order valence-electron chi connectivity index (χ0n) is 14.7. The van der Waals surface area contributed by atoms with E-state index >= 15 is 0 Å². The highest BCUT2D eigenvalue weighted by molar-refractivity contribution is 6.30. The molecule has 0 atom stereocenters. The second kappa shape index (κ2) is 8.43. The summed E-state index contributed by atoms with van der Waals surface area (Å²) in [7, 11) is 1.40. The van der Waals surface area contributed by atoms with Crippen molar-refractivity contribution >= 4 is 17.6 Å². The SMILES string of the molecule is COC(=O)CCCN1CCOc2c(O)cc(-c3cccc(Cl)c3)cc2C1. The standard InChI is InChI=1S/C20H22ClNO4/c1-25-19(24)6-3-7-22-8-9-26-20-16(13-22)10-15(12-18(20)23)14-4-2-5-17(21)11-14/h2,4-5,10-12,23H,3,6-9,13H2,1H3. The molecule has 1 heterocycles. The first-order valence-electron chi connectivity index (χ1n) is 8.60. The van der Waals surface area contributed by atoms with Gasteiger partial charge in [0.05, 0.1) is 7.11 Å². The number of phenols is 1. The molecule has 2 aromatic carbocycles. The summed E-state index contributed by atoms with van der Waals surface area (Å²) in [4.78, 5) is 13.5. The highest BCUT2D eigenvalue weighted by atomic mass is 35.5. The first-order valence-corrected chi connectivity index (χ1v) is 8.98. The van der Waals surface area contributed by atoms with Crippen molar-refractivity contribution in [2.75, 3.05) is 26.8 Å². The lowest BCUT2D eigenvalue weighted by Gasteiger charge is -2.19. The fourth-order valence-corrected chi connectivity index (χ4v) is 3.32. The smallest absolute Gasteiger partial charge is 0.305 e. The molecular formula is C20H22ClNO4. The van der Waals surface area contributed by atoms with E-state index in [1.807, 2.05) is 30.3 Å². The van der Waals surface area contributed by atoms with Crippen molar-refractivity contribution < 1.29 is 19.4 Å². The van der Waals surface area contributed by atoms with Crippen LogP contribution >= 0.6 is 11.6 Å². The number of methoxy groups -OCH3 is 1. The van der Waals surface area contributed by atoms with Crippen LogP contribution in [0.25, 0.3) is 11.1 Å². The van der Waals surface area contributed by atoms with Crippen molar-refractivity contribution in [1.29, 1.82) is 0 Å². The number of esters is 1. The monoisotopic (exact) mass is 375 g/mol. The second-order valence-electron chi connectivity index (χ2n) is 6.30. The maximum absolute atomic E-state index is 11.3. The Hall–Kier alpha value is -2.24. The van der Waals surface area contributed by atoms with Gasteiger partial charge in [-0.15, -0.1) is 0 Å². The van der Waals surface area contributed by atoms with Crippen LogP contribution in [0.5, 0.6) is 11.5 Å². The predicted octanol–water partition coefficient (Wildman–Crippen LogP) is 3.86. The summed E-state index contributed by atoms with van der Waals surface area (Å²) in [6.07, 6.45) is 1.12. The molecule has 0 amide bonds. The number of carbonyl (C=O) groups excluding carboxylic acids is 1. The van der Waals surface area contributed by atoms with Gasteiger partial charge in [0.1, 0.15) is 6.61 Å².